The van der Waals surface area contributed by atoms with Gasteiger partial charge in [-0.2, -0.15) is 0 Å². The number of amides is 2. The number of carbonyl (C=O) groups excluding carboxylic acids is 2. The zero-order valence-corrected chi connectivity index (χ0v) is 20.1. The van der Waals surface area contributed by atoms with Gasteiger partial charge in [-0.1, -0.05) is 61.0 Å². The van der Waals surface area contributed by atoms with Crippen molar-refractivity contribution in [1.82, 2.24) is 4.90 Å². The van der Waals surface area contributed by atoms with Gasteiger partial charge in [0.25, 0.3) is 11.8 Å². The third-order valence-electron chi connectivity index (χ3n) is 5.78. The summed E-state index contributed by atoms with van der Waals surface area (Å²) in [5.74, 6) is 0.0794. The molecule has 0 bridgehead atoms. The second kappa shape index (κ2) is 9.96. The lowest BCUT2D eigenvalue weighted by Gasteiger charge is -2.16. The number of anilines is 1. The molecule has 0 aliphatic carbocycles. The third-order valence-corrected chi connectivity index (χ3v) is 5.78. The summed E-state index contributed by atoms with van der Waals surface area (Å²) in [6, 6.07) is 23.1. The van der Waals surface area contributed by atoms with E-state index in [1.54, 1.807) is 0 Å². The van der Waals surface area contributed by atoms with Crippen molar-refractivity contribution in [3.8, 4) is 5.75 Å². The van der Waals surface area contributed by atoms with Crippen molar-refractivity contribution in [3.63, 3.8) is 0 Å². The minimum atomic E-state index is -0.331. The Bertz CT molecular complexity index is 1210. The quantitative estimate of drug-likeness (QED) is 0.441. The van der Waals surface area contributed by atoms with Gasteiger partial charge in [0.15, 0.2) is 0 Å². The van der Waals surface area contributed by atoms with Crippen LogP contribution < -0.4 is 10.1 Å². The highest BCUT2D eigenvalue weighted by Gasteiger charge is 2.39. The Morgan fingerprint density at radius 3 is 2.03 bits per heavy atom. The molecule has 34 heavy (non-hydrogen) atoms. The summed E-state index contributed by atoms with van der Waals surface area (Å²) in [7, 11) is 0. The number of ether oxygens (including phenoxy) is 1. The molecule has 1 heterocycles. The SMILES string of the molecule is CCc1ccc(NC2=C(c3ccc(OC(C)C)cc3)C(=O)N(Cc3ccc(C)cc3)C2=O)cc1. The van der Waals surface area contributed by atoms with E-state index in [4.69, 9.17) is 4.74 Å². The van der Waals surface area contributed by atoms with Gasteiger partial charge in [0.05, 0.1) is 18.2 Å². The fourth-order valence-corrected chi connectivity index (χ4v) is 3.92. The van der Waals surface area contributed by atoms with Crippen LogP contribution in [0.25, 0.3) is 5.57 Å². The lowest BCUT2D eigenvalue weighted by Crippen LogP contribution is -2.32. The first-order valence-electron chi connectivity index (χ1n) is 11.6. The molecule has 0 unspecified atom stereocenters. The van der Waals surface area contributed by atoms with Crippen LogP contribution in [0.5, 0.6) is 5.75 Å². The lowest BCUT2D eigenvalue weighted by molar-refractivity contribution is -0.137. The highest BCUT2D eigenvalue weighted by molar-refractivity contribution is 6.36. The topological polar surface area (TPSA) is 58.6 Å². The summed E-state index contributed by atoms with van der Waals surface area (Å²) < 4.78 is 5.74. The van der Waals surface area contributed by atoms with Crippen LogP contribution in [0.15, 0.2) is 78.5 Å². The summed E-state index contributed by atoms with van der Waals surface area (Å²) in [5.41, 5.74) is 5.34. The Kier molecular flexibility index (Phi) is 6.82. The number of aryl methyl sites for hydroxylation is 2. The Balaban J connectivity index is 1.69. The lowest BCUT2D eigenvalue weighted by atomic mass is 10.0. The average Bonchev–Trinajstić information content (AvgIpc) is 3.05. The molecule has 0 radical (unpaired) electrons. The van der Waals surface area contributed by atoms with Crippen LogP contribution in [0, 0.1) is 6.92 Å². The van der Waals surface area contributed by atoms with Crippen LogP contribution in [0.3, 0.4) is 0 Å². The third kappa shape index (κ3) is 5.04. The Hall–Kier alpha value is -3.86. The van der Waals surface area contributed by atoms with Crippen LogP contribution in [-0.2, 0) is 22.6 Å². The van der Waals surface area contributed by atoms with Gasteiger partial charge in [0.1, 0.15) is 11.4 Å². The van der Waals surface area contributed by atoms with Gasteiger partial charge in [0, 0.05) is 5.69 Å². The minimum Gasteiger partial charge on any atom is -0.491 e. The minimum absolute atomic E-state index is 0.0491. The molecule has 0 saturated carbocycles. The molecule has 0 spiro atoms. The summed E-state index contributed by atoms with van der Waals surface area (Å²) in [6.07, 6.45) is 0.980. The number of nitrogens with zero attached hydrogens (tertiary/aromatic N) is 1. The van der Waals surface area contributed by atoms with Crippen molar-refractivity contribution in [2.45, 2.75) is 46.8 Å². The molecule has 5 nitrogen and oxygen atoms in total. The molecule has 0 atom stereocenters. The summed E-state index contributed by atoms with van der Waals surface area (Å²) >= 11 is 0. The fourth-order valence-electron chi connectivity index (χ4n) is 3.92. The first kappa shape index (κ1) is 23.3. The van der Waals surface area contributed by atoms with E-state index in [0.29, 0.717) is 16.8 Å². The van der Waals surface area contributed by atoms with Crippen molar-refractivity contribution in [2.75, 3.05) is 5.32 Å². The van der Waals surface area contributed by atoms with Crippen molar-refractivity contribution in [1.29, 1.82) is 0 Å². The van der Waals surface area contributed by atoms with Gasteiger partial charge in [-0.15, -0.1) is 0 Å². The predicted octanol–water partition coefficient (Wildman–Crippen LogP) is 5.74. The molecule has 3 aromatic carbocycles. The molecule has 3 aromatic rings. The maximum absolute atomic E-state index is 13.5. The second-order valence-electron chi connectivity index (χ2n) is 8.80. The molecular weight excluding hydrogens is 424 g/mol. The molecule has 1 aliphatic rings. The van der Waals surface area contributed by atoms with Crippen molar-refractivity contribution in [3.05, 3.63) is 101 Å². The molecule has 1 aliphatic heterocycles. The maximum Gasteiger partial charge on any atom is 0.278 e. The van der Waals surface area contributed by atoms with Gasteiger partial charge in [-0.05, 0) is 68.1 Å². The van der Waals surface area contributed by atoms with E-state index in [1.165, 1.54) is 10.5 Å². The molecule has 174 valence electrons. The van der Waals surface area contributed by atoms with Gasteiger partial charge >= 0.3 is 0 Å². The second-order valence-corrected chi connectivity index (χ2v) is 8.80. The van der Waals surface area contributed by atoms with Crippen molar-refractivity contribution in [2.24, 2.45) is 0 Å². The Morgan fingerprint density at radius 2 is 1.44 bits per heavy atom. The van der Waals surface area contributed by atoms with E-state index >= 15 is 0 Å². The highest BCUT2D eigenvalue weighted by Crippen LogP contribution is 2.32. The van der Waals surface area contributed by atoms with E-state index in [-0.39, 0.29) is 24.5 Å². The number of hydrogen-bond donors (Lipinski definition) is 1. The summed E-state index contributed by atoms with van der Waals surface area (Å²) in [5, 5.41) is 3.23. The van der Waals surface area contributed by atoms with Crippen molar-refractivity contribution >= 4 is 23.1 Å². The number of benzene rings is 3. The van der Waals surface area contributed by atoms with Crippen LogP contribution in [0.2, 0.25) is 0 Å². The summed E-state index contributed by atoms with van der Waals surface area (Å²) in [4.78, 5) is 28.3. The molecule has 4 rings (SSSR count). The number of rotatable bonds is 8. The standard InChI is InChI=1S/C29H30N2O3/c1-5-21-10-14-24(15-11-21)30-27-26(23-12-16-25(17-13-23)34-19(2)3)28(32)31(29(27)33)18-22-8-6-20(4)7-9-22/h6-17,19,30H,5,18H2,1-4H3. The fraction of sp³-hybridized carbons (Fsp3) is 0.241. The van der Waals surface area contributed by atoms with Gasteiger partial charge < -0.3 is 10.1 Å². The Labute approximate surface area is 201 Å². The van der Waals surface area contributed by atoms with E-state index in [1.807, 2.05) is 93.6 Å². The zero-order chi connectivity index (χ0) is 24.2. The molecule has 0 fully saturated rings. The normalized spacial score (nSPS) is 13.7. The molecule has 0 aromatic heterocycles. The van der Waals surface area contributed by atoms with Crippen LogP contribution >= 0.6 is 0 Å². The Morgan fingerprint density at radius 1 is 0.824 bits per heavy atom. The molecule has 1 N–H and O–H groups in total. The monoisotopic (exact) mass is 454 g/mol. The van der Waals surface area contributed by atoms with E-state index in [0.717, 1.165) is 29.0 Å². The molecular formula is C29H30N2O3. The predicted molar refractivity (Wildman–Crippen MR) is 135 cm³/mol. The van der Waals surface area contributed by atoms with E-state index < -0.39 is 0 Å². The molecule has 5 heteroatoms. The highest BCUT2D eigenvalue weighted by atomic mass is 16.5. The molecule has 0 saturated heterocycles. The van der Waals surface area contributed by atoms with Crippen LogP contribution in [0.4, 0.5) is 5.69 Å². The smallest absolute Gasteiger partial charge is 0.278 e. The van der Waals surface area contributed by atoms with Crippen LogP contribution in [-0.4, -0.2) is 22.8 Å². The van der Waals surface area contributed by atoms with Crippen LogP contribution in [0.1, 0.15) is 43.0 Å². The first-order chi connectivity index (χ1) is 16.4. The zero-order valence-electron chi connectivity index (χ0n) is 20.1. The van der Waals surface area contributed by atoms with E-state index in [9.17, 15) is 9.59 Å². The maximum atomic E-state index is 13.5. The van der Waals surface area contributed by atoms with Gasteiger partial charge in [0.2, 0.25) is 0 Å². The van der Waals surface area contributed by atoms with Gasteiger partial charge in [-0.3, -0.25) is 14.5 Å². The van der Waals surface area contributed by atoms with Crippen molar-refractivity contribution < 1.29 is 14.3 Å². The van der Waals surface area contributed by atoms with Gasteiger partial charge in [-0.25, -0.2) is 0 Å². The number of carbonyl (C=O) groups is 2. The summed E-state index contributed by atoms with van der Waals surface area (Å²) in [6.45, 7) is 8.25. The molecule has 2 amide bonds. The number of hydrogen-bond acceptors (Lipinski definition) is 4. The van der Waals surface area contributed by atoms with E-state index in [2.05, 4.69) is 12.2 Å². The average molecular weight is 455 g/mol. The number of nitrogens with one attached hydrogen (secondary N) is 1. The first-order valence-corrected chi connectivity index (χ1v) is 11.6. The largest absolute Gasteiger partial charge is 0.491 e. The number of imide groups is 1.